The molecule has 0 unspecified atom stereocenters. The molecule has 37 heavy (non-hydrogen) atoms. The van der Waals surface area contributed by atoms with Crippen LogP contribution in [0.4, 0.5) is 17.6 Å². The zero-order chi connectivity index (χ0) is 26.9. The monoisotopic (exact) mass is 525 g/mol. The number of benzene rings is 2. The van der Waals surface area contributed by atoms with E-state index in [2.05, 4.69) is 15.0 Å². The van der Waals surface area contributed by atoms with Gasteiger partial charge in [0.15, 0.2) is 23.0 Å². The largest absolute Gasteiger partial charge is 0.490 e. The van der Waals surface area contributed by atoms with E-state index in [4.69, 9.17) is 20.0 Å². The van der Waals surface area contributed by atoms with Crippen molar-refractivity contribution in [2.75, 3.05) is 6.61 Å². The van der Waals surface area contributed by atoms with Crippen LogP contribution in [0.1, 0.15) is 41.1 Å². The number of halogens is 4. The highest BCUT2D eigenvalue weighted by atomic mass is 19.3. The molecule has 3 aromatic rings. The zero-order valence-electron chi connectivity index (χ0n) is 19.3. The van der Waals surface area contributed by atoms with Gasteiger partial charge in [-0.25, -0.2) is 13.8 Å². The molecule has 0 bridgehead atoms. The van der Waals surface area contributed by atoms with E-state index in [1.165, 1.54) is 24.3 Å². The Kier molecular flexibility index (Phi) is 9.44. The van der Waals surface area contributed by atoms with Crippen molar-refractivity contribution in [2.45, 2.75) is 39.0 Å². The van der Waals surface area contributed by atoms with Gasteiger partial charge in [0.1, 0.15) is 11.6 Å². The van der Waals surface area contributed by atoms with E-state index in [-0.39, 0.29) is 66.1 Å². The first kappa shape index (κ1) is 27.5. The Hall–Kier alpha value is -4.13. The number of nitrogens with one attached hydrogen (secondary N) is 1. The van der Waals surface area contributed by atoms with Crippen LogP contribution in [0.25, 0.3) is 11.5 Å². The van der Waals surface area contributed by atoms with Gasteiger partial charge in [0.2, 0.25) is 5.89 Å². The number of hydrogen-bond donors (Lipinski definition) is 3. The minimum absolute atomic E-state index is 0.0103. The van der Waals surface area contributed by atoms with Gasteiger partial charge in [-0.15, -0.1) is 0 Å². The predicted molar refractivity (Wildman–Crippen MR) is 121 cm³/mol. The Morgan fingerprint density at radius 1 is 1.11 bits per heavy atom. The molecule has 0 aliphatic carbocycles. The summed E-state index contributed by atoms with van der Waals surface area (Å²) in [5.41, 5.74) is 5.79. The summed E-state index contributed by atoms with van der Waals surface area (Å²) in [6, 6.07) is 6.81. The number of amides is 1. The van der Waals surface area contributed by atoms with E-state index in [1.54, 1.807) is 0 Å². The molecular weight excluding hydrogens is 502 g/mol. The van der Waals surface area contributed by atoms with Crippen molar-refractivity contribution in [3.8, 4) is 23.0 Å². The van der Waals surface area contributed by atoms with E-state index >= 15 is 0 Å². The van der Waals surface area contributed by atoms with Crippen LogP contribution in [-0.2, 0) is 17.9 Å². The van der Waals surface area contributed by atoms with Crippen molar-refractivity contribution < 1.29 is 46.1 Å². The maximum Gasteiger partial charge on any atom is 0.387 e. The average molecular weight is 525 g/mol. The fraction of sp³-hybridized carbons (Fsp3) is 0.292. The molecular formula is C24H23F4N3O6. The first-order valence-electron chi connectivity index (χ1n) is 11.0. The second-order valence-electron chi connectivity index (χ2n) is 7.65. The summed E-state index contributed by atoms with van der Waals surface area (Å²) in [6.45, 7) is -3.55. The molecule has 0 radical (unpaired) electrons. The molecule has 198 valence electrons. The lowest BCUT2D eigenvalue weighted by Gasteiger charge is -2.13. The number of hydrogen-bond acceptors (Lipinski definition) is 7. The third-order valence-corrected chi connectivity index (χ3v) is 5.00. The van der Waals surface area contributed by atoms with Gasteiger partial charge in [-0.2, -0.15) is 8.78 Å². The van der Waals surface area contributed by atoms with Gasteiger partial charge in [0, 0.05) is 30.2 Å². The van der Waals surface area contributed by atoms with Crippen molar-refractivity contribution in [3.05, 3.63) is 65.1 Å². The van der Waals surface area contributed by atoms with Crippen molar-refractivity contribution in [1.82, 2.24) is 10.3 Å². The lowest BCUT2D eigenvalue weighted by molar-refractivity contribution is -0.137. The quantitative estimate of drug-likeness (QED) is 0.223. The first-order chi connectivity index (χ1) is 17.7. The number of alkyl halides is 2. The van der Waals surface area contributed by atoms with Gasteiger partial charge >= 0.3 is 12.6 Å². The van der Waals surface area contributed by atoms with Gasteiger partial charge in [-0.1, -0.05) is 6.07 Å². The number of carbonyl (C=O) groups is 2. The number of nitrogens with zero attached hydrogens (tertiary/aromatic N) is 1. The van der Waals surface area contributed by atoms with E-state index in [9.17, 15) is 27.2 Å². The highest BCUT2D eigenvalue weighted by Crippen LogP contribution is 2.34. The van der Waals surface area contributed by atoms with Crippen molar-refractivity contribution in [2.24, 2.45) is 5.73 Å². The second kappa shape index (κ2) is 12.7. The van der Waals surface area contributed by atoms with Crippen LogP contribution in [0.5, 0.6) is 11.5 Å². The minimum Gasteiger partial charge on any atom is -0.490 e. The molecule has 3 rings (SSSR count). The van der Waals surface area contributed by atoms with Crippen LogP contribution in [0.2, 0.25) is 0 Å². The summed E-state index contributed by atoms with van der Waals surface area (Å²) in [5.74, 6) is -3.68. The fourth-order valence-electron chi connectivity index (χ4n) is 3.22. The van der Waals surface area contributed by atoms with Crippen LogP contribution in [0, 0.1) is 11.6 Å². The number of unbranched alkanes of at least 4 members (excludes halogenated alkanes) is 1. The summed E-state index contributed by atoms with van der Waals surface area (Å²) in [4.78, 5) is 27.4. The van der Waals surface area contributed by atoms with Gasteiger partial charge in [0.05, 0.1) is 13.2 Å². The predicted octanol–water partition coefficient (Wildman–Crippen LogP) is 4.24. The van der Waals surface area contributed by atoms with Crippen molar-refractivity contribution in [1.29, 1.82) is 0 Å². The summed E-state index contributed by atoms with van der Waals surface area (Å²) in [7, 11) is 0. The van der Waals surface area contributed by atoms with E-state index < -0.39 is 30.1 Å². The topological polar surface area (TPSA) is 137 Å². The summed E-state index contributed by atoms with van der Waals surface area (Å²) < 4.78 is 68.1. The Bertz CT molecular complexity index is 1250. The van der Waals surface area contributed by atoms with Crippen molar-refractivity contribution >= 4 is 11.9 Å². The third kappa shape index (κ3) is 7.67. The molecule has 2 aromatic carbocycles. The van der Waals surface area contributed by atoms with Gasteiger partial charge < -0.3 is 30.0 Å². The summed E-state index contributed by atoms with van der Waals surface area (Å²) in [5, 5.41) is 11.2. The van der Waals surface area contributed by atoms with Crippen LogP contribution < -0.4 is 20.5 Å². The van der Waals surface area contributed by atoms with Crippen LogP contribution in [-0.4, -0.2) is 35.2 Å². The molecule has 0 aliphatic heterocycles. The highest BCUT2D eigenvalue weighted by molar-refractivity contribution is 5.93. The molecule has 1 amide bonds. The number of rotatable bonds is 13. The lowest BCUT2D eigenvalue weighted by Crippen LogP contribution is -2.25. The van der Waals surface area contributed by atoms with E-state index in [1.807, 2.05) is 0 Å². The maximum atomic E-state index is 13.9. The van der Waals surface area contributed by atoms with Crippen molar-refractivity contribution in [3.63, 3.8) is 0 Å². The van der Waals surface area contributed by atoms with Crippen LogP contribution in [0.3, 0.4) is 0 Å². The molecule has 0 spiro atoms. The fourth-order valence-corrected chi connectivity index (χ4v) is 3.22. The smallest absolute Gasteiger partial charge is 0.387 e. The van der Waals surface area contributed by atoms with Gasteiger partial charge in [-0.05, 0) is 37.1 Å². The number of aromatic nitrogens is 1. The minimum atomic E-state index is -3.12. The molecule has 0 atom stereocenters. The van der Waals surface area contributed by atoms with Gasteiger partial charge in [0.25, 0.3) is 5.91 Å². The summed E-state index contributed by atoms with van der Waals surface area (Å²) in [6.07, 6.45) is 0.598. The molecule has 0 saturated carbocycles. The number of carboxylic acids is 1. The van der Waals surface area contributed by atoms with E-state index in [0.717, 1.165) is 6.07 Å². The zero-order valence-corrected chi connectivity index (χ0v) is 19.3. The number of oxazole rings is 1. The molecule has 0 saturated heterocycles. The molecule has 4 N–H and O–H groups in total. The average Bonchev–Trinajstić information content (AvgIpc) is 3.28. The SMILES string of the molecule is NCc1oc(-c2ccc(OC(F)F)c(OCCCCC(=O)O)c2)nc1C(=O)NCc1ccc(F)cc1F. The molecule has 0 aliphatic rings. The highest BCUT2D eigenvalue weighted by Gasteiger charge is 2.22. The number of aliphatic carboxylic acids is 1. The lowest BCUT2D eigenvalue weighted by atomic mass is 10.2. The first-order valence-corrected chi connectivity index (χ1v) is 11.0. The Morgan fingerprint density at radius 2 is 1.89 bits per heavy atom. The summed E-state index contributed by atoms with van der Waals surface area (Å²) >= 11 is 0. The Labute approximate surface area is 208 Å². The Morgan fingerprint density at radius 3 is 2.57 bits per heavy atom. The van der Waals surface area contributed by atoms with Gasteiger partial charge in [-0.3, -0.25) is 9.59 Å². The van der Waals surface area contributed by atoms with Crippen LogP contribution in [0.15, 0.2) is 40.8 Å². The number of carbonyl (C=O) groups excluding carboxylic acids is 1. The maximum absolute atomic E-state index is 13.9. The second-order valence-corrected chi connectivity index (χ2v) is 7.65. The van der Waals surface area contributed by atoms with Crippen LogP contribution >= 0.6 is 0 Å². The third-order valence-electron chi connectivity index (χ3n) is 5.00. The number of carboxylic acid groups (broad SMARTS) is 1. The molecule has 1 heterocycles. The standard InChI is InChI=1S/C24H23F4N3O6/c25-15-6-4-14(16(26)10-15)12-30-22(34)21-19(11-29)36-23(31-21)13-5-7-17(37-24(27)28)18(9-13)35-8-2-1-3-20(32)33/h4-7,9-10,24H,1-3,8,11-12,29H2,(H,30,34)(H,32,33). The molecule has 0 fully saturated rings. The Balaban J connectivity index is 1.78. The molecule has 9 nitrogen and oxygen atoms in total. The molecule has 1 aromatic heterocycles. The normalized spacial score (nSPS) is 11.0. The number of ether oxygens (including phenoxy) is 2. The number of nitrogens with two attached hydrogens (primary N) is 1. The molecule has 13 heteroatoms. The van der Waals surface area contributed by atoms with E-state index in [0.29, 0.717) is 18.9 Å².